The van der Waals surface area contributed by atoms with Crippen LogP contribution < -0.4 is 4.72 Å². The third-order valence-electron chi connectivity index (χ3n) is 3.74. The highest BCUT2D eigenvalue weighted by atomic mass is 32.2. The summed E-state index contributed by atoms with van der Waals surface area (Å²) in [4.78, 5) is 12.6. The molecule has 1 saturated carbocycles. The number of aromatic nitrogens is 3. The van der Waals surface area contributed by atoms with Crippen LogP contribution in [0.5, 0.6) is 0 Å². The summed E-state index contributed by atoms with van der Waals surface area (Å²) in [5, 5.41) is 2.60. The van der Waals surface area contributed by atoms with Gasteiger partial charge in [-0.25, -0.2) is 18.1 Å². The van der Waals surface area contributed by atoms with Gasteiger partial charge in [-0.2, -0.15) is 0 Å². The average molecular weight is 338 g/mol. The molecule has 118 valence electrons. The molecule has 0 unspecified atom stereocenters. The van der Waals surface area contributed by atoms with Gasteiger partial charge in [0.15, 0.2) is 0 Å². The van der Waals surface area contributed by atoms with Crippen molar-refractivity contribution in [2.45, 2.75) is 32.2 Å². The number of nitrogens with zero attached hydrogens (tertiary/aromatic N) is 3. The Labute approximate surface area is 134 Å². The third-order valence-corrected chi connectivity index (χ3v) is 6.15. The Hall–Kier alpha value is -1.38. The lowest BCUT2D eigenvalue weighted by Crippen LogP contribution is -2.28. The van der Waals surface area contributed by atoms with Crippen molar-refractivity contribution in [3.8, 4) is 10.7 Å². The number of hydrogen-bond donors (Lipinski definition) is 1. The van der Waals surface area contributed by atoms with E-state index < -0.39 is 10.0 Å². The highest BCUT2D eigenvalue weighted by molar-refractivity contribution is 7.89. The van der Waals surface area contributed by atoms with Crippen LogP contribution in [-0.4, -0.2) is 29.1 Å². The van der Waals surface area contributed by atoms with E-state index in [-0.39, 0.29) is 12.3 Å². The molecular formula is C14H18N4O2S2. The van der Waals surface area contributed by atoms with Crippen molar-refractivity contribution in [2.24, 2.45) is 5.92 Å². The molecule has 2 heterocycles. The standard InChI is InChI=1S/C14H18N4O2S2/c19-22(20,10-11-3-1-2-4-11)17-7-12-9-21-14(18-12)13-8-15-5-6-16-13/h5-6,8-9,11,17H,1-4,7,10H2. The molecule has 0 bridgehead atoms. The molecule has 1 N–H and O–H groups in total. The first-order valence-corrected chi connectivity index (χ1v) is 9.84. The summed E-state index contributed by atoms with van der Waals surface area (Å²) < 4.78 is 26.8. The molecule has 0 atom stereocenters. The van der Waals surface area contributed by atoms with Crippen molar-refractivity contribution < 1.29 is 8.42 Å². The minimum atomic E-state index is -3.23. The van der Waals surface area contributed by atoms with Gasteiger partial charge in [-0.3, -0.25) is 9.97 Å². The smallest absolute Gasteiger partial charge is 0.212 e. The highest BCUT2D eigenvalue weighted by Gasteiger charge is 2.22. The van der Waals surface area contributed by atoms with Crippen LogP contribution in [0, 0.1) is 5.92 Å². The van der Waals surface area contributed by atoms with E-state index in [0.29, 0.717) is 17.3 Å². The molecule has 8 heteroatoms. The van der Waals surface area contributed by atoms with Gasteiger partial charge < -0.3 is 0 Å². The molecule has 22 heavy (non-hydrogen) atoms. The molecule has 0 radical (unpaired) electrons. The zero-order chi connectivity index (χ0) is 15.4. The minimum Gasteiger partial charge on any atom is -0.261 e. The normalized spacial score (nSPS) is 16.2. The SMILES string of the molecule is O=S(=O)(CC1CCCC1)NCc1csc(-c2cnccn2)n1. The first-order chi connectivity index (χ1) is 10.6. The Morgan fingerprint density at radius 3 is 2.82 bits per heavy atom. The van der Waals surface area contributed by atoms with Gasteiger partial charge in [-0.15, -0.1) is 11.3 Å². The Bertz CT molecular complexity index is 709. The molecule has 0 spiro atoms. The van der Waals surface area contributed by atoms with E-state index in [1.807, 2.05) is 5.38 Å². The number of nitrogens with one attached hydrogen (secondary N) is 1. The average Bonchev–Trinajstić information content (AvgIpc) is 3.17. The fourth-order valence-corrected chi connectivity index (χ4v) is 4.86. The molecule has 1 aliphatic rings. The van der Waals surface area contributed by atoms with Crippen molar-refractivity contribution in [1.82, 2.24) is 19.7 Å². The molecule has 0 saturated heterocycles. The van der Waals surface area contributed by atoms with Crippen LogP contribution in [0.1, 0.15) is 31.4 Å². The van der Waals surface area contributed by atoms with Gasteiger partial charge in [0.05, 0.1) is 24.2 Å². The Balaban J connectivity index is 1.58. The van der Waals surface area contributed by atoms with Gasteiger partial charge in [-0.1, -0.05) is 12.8 Å². The van der Waals surface area contributed by atoms with E-state index in [0.717, 1.165) is 30.7 Å². The first-order valence-electron chi connectivity index (χ1n) is 7.30. The van der Waals surface area contributed by atoms with Crippen molar-refractivity contribution >= 4 is 21.4 Å². The minimum absolute atomic E-state index is 0.228. The van der Waals surface area contributed by atoms with E-state index in [1.165, 1.54) is 11.3 Å². The van der Waals surface area contributed by atoms with E-state index in [2.05, 4.69) is 19.7 Å². The van der Waals surface area contributed by atoms with E-state index in [4.69, 9.17) is 0 Å². The second-order valence-corrected chi connectivity index (χ2v) is 8.20. The van der Waals surface area contributed by atoms with Crippen molar-refractivity contribution in [1.29, 1.82) is 0 Å². The van der Waals surface area contributed by atoms with Crippen LogP contribution >= 0.6 is 11.3 Å². The molecule has 0 aliphatic heterocycles. The van der Waals surface area contributed by atoms with Gasteiger partial charge in [-0.05, 0) is 18.8 Å². The maximum absolute atomic E-state index is 12.1. The van der Waals surface area contributed by atoms with Crippen LogP contribution in [-0.2, 0) is 16.6 Å². The van der Waals surface area contributed by atoms with Gasteiger partial charge in [0, 0.05) is 17.8 Å². The van der Waals surface area contributed by atoms with Crippen LogP contribution in [0.15, 0.2) is 24.0 Å². The molecule has 2 aromatic heterocycles. The second kappa shape index (κ2) is 6.80. The molecular weight excluding hydrogens is 320 g/mol. The summed E-state index contributed by atoms with van der Waals surface area (Å²) >= 11 is 1.44. The molecule has 2 aromatic rings. The Morgan fingerprint density at radius 1 is 1.27 bits per heavy atom. The quantitative estimate of drug-likeness (QED) is 0.873. The largest absolute Gasteiger partial charge is 0.261 e. The monoisotopic (exact) mass is 338 g/mol. The topological polar surface area (TPSA) is 84.8 Å². The number of thiazole rings is 1. The second-order valence-electron chi connectivity index (χ2n) is 5.49. The molecule has 1 fully saturated rings. The van der Waals surface area contributed by atoms with Crippen molar-refractivity contribution in [2.75, 3.05) is 5.75 Å². The lowest BCUT2D eigenvalue weighted by Gasteiger charge is -2.10. The summed E-state index contributed by atoms with van der Waals surface area (Å²) in [7, 11) is -3.23. The van der Waals surface area contributed by atoms with E-state index >= 15 is 0 Å². The third kappa shape index (κ3) is 4.08. The molecule has 6 nitrogen and oxygen atoms in total. The number of rotatable bonds is 6. The number of hydrogen-bond acceptors (Lipinski definition) is 6. The van der Waals surface area contributed by atoms with E-state index in [1.54, 1.807) is 18.6 Å². The van der Waals surface area contributed by atoms with Crippen LogP contribution in [0.25, 0.3) is 10.7 Å². The predicted molar refractivity (Wildman–Crippen MR) is 85.7 cm³/mol. The summed E-state index contributed by atoms with van der Waals surface area (Å²) in [6.45, 7) is 0.228. The van der Waals surface area contributed by atoms with Crippen molar-refractivity contribution in [3.05, 3.63) is 29.7 Å². The van der Waals surface area contributed by atoms with E-state index in [9.17, 15) is 8.42 Å². The zero-order valence-corrected chi connectivity index (χ0v) is 13.7. The van der Waals surface area contributed by atoms with Crippen molar-refractivity contribution in [3.63, 3.8) is 0 Å². The molecule has 0 aromatic carbocycles. The summed E-state index contributed by atoms with van der Waals surface area (Å²) in [6.07, 6.45) is 9.20. The van der Waals surface area contributed by atoms with Crippen LogP contribution in [0.3, 0.4) is 0 Å². The lowest BCUT2D eigenvalue weighted by molar-refractivity contribution is 0.547. The summed E-state index contributed by atoms with van der Waals surface area (Å²) in [5.41, 5.74) is 1.41. The lowest BCUT2D eigenvalue weighted by atomic mass is 10.1. The fourth-order valence-electron chi connectivity index (χ4n) is 2.65. The highest BCUT2D eigenvalue weighted by Crippen LogP contribution is 2.26. The predicted octanol–water partition coefficient (Wildman–Crippen LogP) is 2.21. The Kier molecular flexibility index (Phi) is 4.80. The molecule has 0 amide bonds. The Morgan fingerprint density at radius 2 is 2.09 bits per heavy atom. The molecule has 3 rings (SSSR count). The zero-order valence-electron chi connectivity index (χ0n) is 12.1. The van der Waals surface area contributed by atoms with Crippen LogP contribution in [0.2, 0.25) is 0 Å². The number of sulfonamides is 1. The molecule has 1 aliphatic carbocycles. The maximum atomic E-state index is 12.1. The maximum Gasteiger partial charge on any atom is 0.212 e. The summed E-state index contributed by atoms with van der Waals surface area (Å²) in [6, 6.07) is 0. The fraction of sp³-hybridized carbons (Fsp3) is 0.500. The van der Waals surface area contributed by atoms with Gasteiger partial charge in [0.2, 0.25) is 10.0 Å². The van der Waals surface area contributed by atoms with Gasteiger partial charge in [0.25, 0.3) is 0 Å². The van der Waals surface area contributed by atoms with Crippen LogP contribution in [0.4, 0.5) is 0 Å². The van der Waals surface area contributed by atoms with Gasteiger partial charge >= 0.3 is 0 Å². The summed E-state index contributed by atoms with van der Waals surface area (Å²) in [5.74, 6) is 0.539. The first kappa shape index (κ1) is 15.5. The van der Waals surface area contributed by atoms with Gasteiger partial charge in [0.1, 0.15) is 10.7 Å².